The van der Waals surface area contributed by atoms with Crippen molar-refractivity contribution in [2.45, 2.75) is 19.5 Å². The van der Waals surface area contributed by atoms with Gasteiger partial charge in [-0.1, -0.05) is 13.0 Å². The number of amides is 1. The molecule has 0 unspecified atom stereocenters. The number of halogens is 3. The minimum Gasteiger partial charge on any atom is -0.361 e. The quantitative estimate of drug-likeness (QED) is 0.915. The van der Waals surface area contributed by atoms with E-state index in [1.54, 1.807) is 31.3 Å². The standard InChI is InChI=1S/C14H15F3N2O/c1-2-7-19(9-14(15,16)17)13(20)11-4-3-10-5-6-18-12(10)8-11/h3-6,8,18H,2,7,9H2,1H3. The molecule has 6 heteroatoms. The van der Waals surface area contributed by atoms with Crippen LogP contribution < -0.4 is 0 Å². The average Bonchev–Trinajstić information content (AvgIpc) is 2.83. The lowest BCUT2D eigenvalue weighted by molar-refractivity contribution is -0.140. The summed E-state index contributed by atoms with van der Waals surface area (Å²) in [6.07, 6.45) is -2.19. The van der Waals surface area contributed by atoms with Crippen molar-refractivity contribution in [3.63, 3.8) is 0 Å². The van der Waals surface area contributed by atoms with Crippen LogP contribution in [0, 0.1) is 0 Å². The lowest BCUT2D eigenvalue weighted by Crippen LogP contribution is -2.39. The zero-order valence-electron chi connectivity index (χ0n) is 11.0. The third-order valence-corrected chi connectivity index (χ3v) is 2.95. The Morgan fingerprint density at radius 1 is 1.30 bits per heavy atom. The first-order valence-electron chi connectivity index (χ1n) is 6.34. The van der Waals surface area contributed by atoms with Gasteiger partial charge in [-0.15, -0.1) is 0 Å². The molecule has 0 bridgehead atoms. The zero-order chi connectivity index (χ0) is 14.8. The largest absolute Gasteiger partial charge is 0.406 e. The lowest BCUT2D eigenvalue weighted by atomic mass is 10.1. The number of hydrogen-bond donors (Lipinski definition) is 1. The van der Waals surface area contributed by atoms with Crippen molar-refractivity contribution < 1.29 is 18.0 Å². The molecular formula is C14H15F3N2O. The van der Waals surface area contributed by atoms with Crippen molar-refractivity contribution in [3.8, 4) is 0 Å². The summed E-state index contributed by atoms with van der Waals surface area (Å²) in [7, 11) is 0. The highest BCUT2D eigenvalue weighted by molar-refractivity contribution is 5.97. The van der Waals surface area contributed by atoms with E-state index in [0.29, 0.717) is 6.42 Å². The zero-order valence-corrected chi connectivity index (χ0v) is 11.0. The maximum atomic E-state index is 12.5. The van der Waals surface area contributed by atoms with E-state index in [1.807, 2.05) is 6.07 Å². The van der Waals surface area contributed by atoms with E-state index in [4.69, 9.17) is 0 Å². The molecule has 1 aromatic heterocycles. The first-order valence-corrected chi connectivity index (χ1v) is 6.34. The number of carbonyl (C=O) groups excluding carboxylic acids is 1. The number of benzene rings is 1. The molecule has 3 nitrogen and oxygen atoms in total. The van der Waals surface area contributed by atoms with Gasteiger partial charge in [-0.2, -0.15) is 13.2 Å². The van der Waals surface area contributed by atoms with Crippen LogP contribution in [0.25, 0.3) is 10.9 Å². The van der Waals surface area contributed by atoms with Crippen molar-refractivity contribution in [1.82, 2.24) is 9.88 Å². The molecule has 1 heterocycles. The number of carbonyl (C=O) groups is 1. The minimum absolute atomic E-state index is 0.0844. The first-order chi connectivity index (χ1) is 9.40. The van der Waals surface area contributed by atoms with Crippen LogP contribution in [0.1, 0.15) is 23.7 Å². The number of hydrogen-bond acceptors (Lipinski definition) is 1. The van der Waals surface area contributed by atoms with E-state index in [0.717, 1.165) is 15.8 Å². The van der Waals surface area contributed by atoms with E-state index >= 15 is 0 Å². The van der Waals surface area contributed by atoms with Crippen LogP contribution in [-0.2, 0) is 0 Å². The summed E-state index contributed by atoms with van der Waals surface area (Å²) in [5.74, 6) is -0.597. The number of nitrogens with one attached hydrogen (secondary N) is 1. The molecule has 0 spiro atoms. The molecule has 2 aromatic rings. The number of nitrogens with zero attached hydrogens (tertiary/aromatic N) is 1. The molecule has 0 aliphatic carbocycles. The van der Waals surface area contributed by atoms with Gasteiger partial charge in [-0.05, 0) is 30.0 Å². The van der Waals surface area contributed by atoms with Gasteiger partial charge in [-0.25, -0.2) is 0 Å². The van der Waals surface area contributed by atoms with Gasteiger partial charge >= 0.3 is 6.18 Å². The molecule has 0 fully saturated rings. The fraction of sp³-hybridized carbons (Fsp3) is 0.357. The maximum absolute atomic E-state index is 12.5. The molecule has 2 rings (SSSR count). The minimum atomic E-state index is -4.39. The van der Waals surface area contributed by atoms with Gasteiger partial charge < -0.3 is 9.88 Å². The maximum Gasteiger partial charge on any atom is 0.406 e. The smallest absolute Gasteiger partial charge is 0.361 e. The Morgan fingerprint density at radius 2 is 2.05 bits per heavy atom. The molecule has 0 aliphatic rings. The van der Waals surface area contributed by atoms with Gasteiger partial charge in [0.2, 0.25) is 0 Å². The summed E-state index contributed by atoms with van der Waals surface area (Å²) in [5, 5.41) is 0.916. The molecule has 1 aromatic carbocycles. The van der Waals surface area contributed by atoms with E-state index < -0.39 is 18.6 Å². The van der Waals surface area contributed by atoms with Crippen molar-refractivity contribution in [2.24, 2.45) is 0 Å². The van der Waals surface area contributed by atoms with Gasteiger partial charge in [0.1, 0.15) is 6.54 Å². The molecule has 0 aliphatic heterocycles. The first kappa shape index (κ1) is 14.4. The van der Waals surface area contributed by atoms with E-state index in [2.05, 4.69) is 4.98 Å². The third kappa shape index (κ3) is 3.31. The summed E-state index contributed by atoms with van der Waals surface area (Å²) in [6, 6.07) is 6.69. The number of H-pyrrole nitrogens is 1. The summed E-state index contributed by atoms with van der Waals surface area (Å²) in [4.78, 5) is 16.0. The number of aromatic amines is 1. The van der Waals surface area contributed by atoms with Crippen molar-refractivity contribution >= 4 is 16.8 Å². The molecule has 0 saturated heterocycles. The second-order valence-corrected chi connectivity index (χ2v) is 4.62. The van der Waals surface area contributed by atoms with Gasteiger partial charge in [-0.3, -0.25) is 4.79 Å². The van der Waals surface area contributed by atoms with Crippen LogP contribution in [0.3, 0.4) is 0 Å². The molecule has 1 N–H and O–H groups in total. The van der Waals surface area contributed by atoms with Crippen molar-refractivity contribution in [3.05, 3.63) is 36.0 Å². The number of alkyl halides is 3. The van der Waals surface area contributed by atoms with E-state index in [-0.39, 0.29) is 12.1 Å². The van der Waals surface area contributed by atoms with Gasteiger partial charge in [0.25, 0.3) is 5.91 Å². The van der Waals surface area contributed by atoms with Gasteiger partial charge in [0, 0.05) is 23.8 Å². The van der Waals surface area contributed by atoms with E-state index in [9.17, 15) is 18.0 Å². The lowest BCUT2D eigenvalue weighted by Gasteiger charge is -2.23. The van der Waals surface area contributed by atoms with E-state index in [1.165, 1.54) is 0 Å². The fourth-order valence-corrected chi connectivity index (χ4v) is 2.10. The number of fused-ring (bicyclic) bond motifs is 1. The molecule has 0 saturated carbocycles. The van der Waals surface area contributed by atoms with Crippen LogP contribution >= 0.6 is 0 Å². The average molecular weight is 284 g/mol. The highest BCUT2D eigenvalue weighted by atomic mass is 19.4. The summed E-state index contributed by atoms with van der Waals surface area (Å²) in [5.41, 5.74) is 0.997. The second-order valence-electron chi connectivity index (χ2n) is 4.62. The predicted octanol–water partition coefficient (Wildman–Crippen LogP) is 3.58. The Kier molecular flexibility index (Phi) is 4.01. The molecule has 108 valence electrons. The molecule has 0 radical (unpaired) electrons. The molecule has 1 amide bonds. The Morgan fingerprint density at radius 3 is 2.70 bits per heavy atom. The number of rotatable bonds is 4. The van der Waals surface area contributed by atoms with Crippen LogP contribution in [0.2, 0.25) is 0 Å². The summed E-state index contributed by atoms with van der Waals surface area (Å²) in [6.45, 7) is 0.606. The third-order valence-electron chi connectivity index (χ3n) is 2.95. The monoisotopic (exact) mass is 284 g/mol. The number of aromatic nitrogens is 1. The molecular weight excluding hydrogens is 269 g/mol. The van der Waals surface area contributed by atoms with Crippen LogP contribution in [0.5, 0.6) is 0 Å². The topological polar surface area (TPSA) is 36.1 Å². The van der Waals surface area contributed by atoms with Gasteiger partial charge in [0.05, 0.1) is 0 Å². The fourth-order valence-electron chi connectivity index (χ4n) is 2.10. The highest BCUT2D eigenvalue weighted by Crippen LogP contribution is 2.20. The summed E-state index contributed by atoms with van der Waals surface area (Å²) < 4.78 is 37.5. The van der Waals surface area contributed by atoms with Crippen LogP contribution in [0.4, 0.5) is 13.2 Å². The van der Waals surface area contributed by atoms with Crippen molar-refractivity contribution in [2.75, 3.05) is 13.1 Å². The van der Waals surface area contributed by atoms with Crippen LogP contribution in [0.15, 0.2) is 30.5 Å². The second kappa shape index (κ2) is 5.56. The normalized spacial score (nSPS) is 11.8. The highest BCUT2D eigenvalue weighted by Gasteiger charge is 2.33. The molecule has 0 atom stereocenters. The Hall–Kier alpha value is -1.98. The molecule has 20 heavy (non-hydrogen) atoms. The van der Waals surface area contributed by atoms with Crippen molar-refractivity contribution in [1.29, 1.82) is 0 Å². The Bertz CT molecular complexity index is 604. The summed E-state index contributed by atoms with van der Waals surface area (Å²) >= 11 is 0. The Balaban J connectivity index is 2.25. The van der Waals surface area contributed by atoms with Crippen LogP contribution in [-0.4, -0.2) is 35.1 Å². The SMILES string of the molecule is CCCN(CC(F)(F)F)C(=O)c1ccc2cc[nH]c2c1. The van der Waals surface area contributed by atoms with Gasteiger partial charge in [0.15, 0.2) is 0 Å². The Labute approximate surface area is 114 Å². The predicted molar refractivity (Wildman–Crippen MR) is 70.5 cm³/mol.